The standard InChI is InChI=1S/C15H16BrNO4/c1-4-20-13-8-10(7-12(16)14(13)19-3)6-11(9-17)15(18)21-5-2/h6-8H,4-5H2,1-3H3/b11-6-. The Kier molecular flexibility index (Phi) is 6.76. The van der Waals surface area contributed by atoms with Crippen molar-refractivity contribution in [2.24, 2.45) is 0 Å². The van der Waals surface area contributed by atoms with E-state index in [0.29, 0.717) is 28.1 Å². The van der Waals surface area contributed by atoms with Crippen molar-refractivity contribution in [3.05, 3.63) is 27.7 Å². The Morgan fingerprint density at radius 2 is 2.10 bits per heavy atom. The third kappa shape index (κ3) is 4.50. The van der Waals surface area contributed by atoms with Crippen molar-refractivity contribution in [2.75, 3.05) is 20.3 Å². The number of rotatable bonds is 6. The Labute approximate surface area is 132 Å². The largest absolute Gasteiger partial charge is 0.492 e. The van der Waals surface area contributed by atoms with E-state index in [1.165, 1.54) is 13.2 Å². The smallest absolute Gasteiger partial charge is 0.348 e. The minimum atomic E-state index is -0.648. The fourth-order valence-corrected chi connectivity index (χ4v) is 2.27. The molecule has 21 heavy (non-hydrogen) atoms. The van der Waals surface area contributed by atoms with E-state index in [2.05, 4.69) is 15.9 Å². The molecular formula is C15H16BrNO4. The number of benzene rings is 1. The van der Waals surface area contributed by atoms with Crippen molar-refractivity contribution in [2.45, 2.75) is 13.8 Å². The van der Waals surface area contributed by atoms with Gasteiger partial charge in [-0.15, -0.1) is 0 Å². The highest BCUT2D eigenvalue weighted by molar-refractivity contribution is 9.10. The van der Waals surface area contributed by atoms with Gasteiger partial charge in [-0.05, 0) is 53.5 Å². The van der Waals surface area contributed by atoms with Gasteiger partial charge in [-0.3, -0.25) is 0 Å². The summed E-state index contributed by atoms with van der Waals surface area (Å²) < 4.78 is 16.2. The molecule has 0 radical (unpaired) electrons. The van der Waals surface area contributed by atoms with E-state index in [0.717, 1.165) is 0 Å². The van der Waals surface area contributed by atoms with Crippen LogP contribution in [0.15, 0.2) is 22.2 Å². The van der Waals surface area contributed by atoms with Crippen molar-refractivity contribution in [1.82, 2.24) is 0 Å². The zero-order chi connectivity index (χ0) is 15.8. The molecule has 0 amide bonds. The number of nitrogens with zero attached hydrogens (tertiary/aromatic N) is 1. The second kappa shape index (κ2) is 8.32. The van der Waals surface area contributed by atoms with Crippen LogP contribution in [0.5, 0.6) is 11.5 Å². The molecule has 1 aromatic rings. The van der Waals surface area contributed by atoms with Gasteiger partial charge in [0.05, 0.1) is 24.8 Å². The Bertz CT molecular complexity index is 590. The summed E-state index contributed by atoms with van der Waals surface area (Å²) in [6.07, 6.45) is 1.45. The first kappa shape index (κ1) is 17.1. The summed E-state index contributed by atoms with van der Waals surface area (Å²) in [5.41, 5.74) is 0.562. The van der Waals surface area contributed by atoms with Crippen LogP contribution in [0.1, 0.15) is 19.4 Å². The fourth-order valence-electron chi connectivity index (χ4n) is 1.64. The van der Waals surface area contributed by atoms with Gasteiger partial charge >= 0.3 is 5.97 Å². The quantitative estimate of drug-likeness (QED) is 0.445. The third-order valence-corrected chi connectivity index (χ3v) is 3.05. The number of hydrogen-bond acceptors (Lipinski definition) is 5. The lowest BCUT2D eigenvalue weighted by molar-refractivity contribution is -0.137. The van der Waals surface area contributed by atoms with Gasteiger partial charge in [0.1, 0.15) is 11.6 Å². The predicted molar refractivity (Wildman–Crippen MR) is 82.1 cm³/mol. The monoisotopic (exact) mass is 353 g/mol. The summed E-state index contributed by atoms with van der Waals surface area (Å²) in [5, 5.41) is 9.04. The van der Waals surface area contributed by atoms with Gasteiger partial charge in [-0.2, -0.15) is 5.26 Å². The van der Waals surface area contributed by atoms with Crippen molar-refractivity contribution >= 4 is 28.0 Å². The molecule has 112 valence electrons. The Morgan fingerprint density at radius 1 is 1.38 bits per heavy atom. The highest BCUT2D eigenvalue weighted by Crippen LogP contribution is 2.37. The number of halogens is 1. The van der Waals surface area contributed by atoms with Crippen LogP contribution in [0, 0.1) is 11.3 Å². The van der Waals surface area contributed by atoms with Gasteiger partial charge in [0, 0.05) is 0 Å². The topological polar surface area (TPSA) is 68.6 Å². The lowest BCUT2D eigenvalue weighted by atomic mass is 10.1. The van der Waals surface area contributed by atoms with E-state index in [1.54, 1.807) is 19.1 Å². The molecule has 0 aliphatic rings. The molecule has 6 heteroatoms. The first-order valence-corrected chi connectivity index (χ1v) is 7.15. The molecule has 1 rings (SSSR count). The van der Waals surface area contributed by atoms with E-state index in [-0.39, 0.29) is 12.2 Å². The molecule has 0 aromatic heterocycles. The van der Waals surface area contributed by atoms with Crippen LogP contribution in [-0.4, -0.2) is 26.3 Å². The second-order valence-corrected chi connectivity index (χ2v) is 4.71. The Morgan fingerprint density at radius 3 is 2.62 bits per heavy atom. The molecule has 0 fully saturated rings. The van der Waals surface area contributed by atoms with Crippen LogP contribution in [-0.2, 0) is 9.53 Å². The van der Waals surface area contributed by atoms with Crippen molar-refractivity contribution < 1.29 is 19.0 Å². The summed E-state index contributed by atoms with van der Waals surface area (Å²) in [4.78, 5) is 11.6. The molecule has 5 nitrogen and oxygen atoms in total. The maximum atomic E-state index is 11.6. The average molecular weight is 354 g/mol. The number of ether oxygens (including phenoxy) is 3. The number of esters is 1. The van der Waals surface area contributed by atoms with Crippen LogP contribution in [0.2, 0.25) is 0 Å². The zero-order valence-corrected chi connectivity index (χ0v) is 13.7. The molecule has 0 saturated carbocycles. The molecule has 0 heterocycles. The van der Waals surface area contributed by atoms with Gasteiger partial charge in [-0.1, -0.05) is 0 Å². The predicted octanol–water partition coefficient (Wildman–Crippen LogP) is 3.33. The van der Waals surface area contributed by atoms with Crippen molar-refractivity contribution in [3.63, 3.8) is 0 Å². The first-order valence-electron chi connectivity index (χ1n) is 6.36. The summed E-state index contributed by atoms with van der Waals surface area (Å²) in [6.45, 7) is 4.23. The number of carbonyl (C=O) groups excluding carboxylic acids is 1. The summed E-state index contributed by atoms with van der Waals surface area (Å²) in [5.74, 6) is 0.440. The van der Waals surface area contributed by atoms with Gasteiger partial charge < -0.3 is 14.2 Å². The van der Waals surface area contributed by atoms with Crippen LogP contribution in [0.4, 0.5) is 0 Å². The Balaban J connectivity index is 3.24. The van der Waals surface area contributed by atoms with Crippen LogP contribution < -0.4 is 9.47 Å². The Hall–Kier alpha value is -2.00. The van der Waals surface area contributed by atoms with E-state index in [4.69, 9.17) is 19.5 Å². The molecule has 0 unspecified atom stereocenters. The highest BCUT2D eigenvalue weighted by atomic mass is 79.9. The van der Waals surface area contributed by atoms with Crippen LogP contribution >= 0.6 is 15.9 Å². The van der Waals surface area contributed by atoms with Gasteiger partial charge in [-0.25, -0.2) is 4.79 Å². The SMILES string of the molecule is CCOC(=O)/C(C#N)=C\c1cc(Br)c(OC)c(OCC)c1. The number of methoxy groups -OCH3 is 1. The highest BCUT2D eigenvalue weighted by Gasteiger charge is 2.13. The van der Waals surface area contributed by atoms with Crippen LogP contribution in [0.3, 0.4) is 0 Å². The summed E-state index contributed by atoms with van der Waals surface area (Å²) >= 11 is 3.37. The van der Waals surface area contributed by atoms with E-state index in [1.807, 2.05) is 13.0 Å². The van der Waals surface area contributed by atoms with Gasteiger partial charge in [0.2, 0.25) is 0 Å². The number of carbonyl (C=O) groups is 1. The fraction of sp³-hybridized carbons (Fsp3) is 0.333. The molecule has 0 N–H and O–H groups in total. The molecule has 0 aliphatic heterocycles. The van der Waals surface area contributed by atoms with Crippen molar-refractivity contribution in [1.29, 1.82) is 5.26 Å². The molecule has 0 saturated heterocycles. The molecular weight excluding hydrogens is 338 g/mol. The number of nitriles is 1. The molecule has 1 aromatic carbocycles. The van der Waals surface area contributed by atoms with E-state index < -0.39 is 5.97 Å². The maximum Gasteiger partial charge on any atom is 0.348 e. The van der Waals surface area contributed by atoms with E-state index in [9.17, 15) is 4.79 Å². The zero-order valence-electron chi connectivity index (χ0n) is 12.1. The second-order valence-electron chi connectivity index (χ2n) is 3.86. The van der Waals surface area contributed by atoms with E-state index >= 15 is 0 Å². The minimum absolute atomic E-state index is 0.0728. The minimum Gasteiger partial charge on any atom is -0.492 e. The first-order chi connectivity index (χ1) is 10.1. The van der Waals surface area contributed by atoms with Gasteiger partial charge in [0.25, 0.3) is 0 Å². The molecule has 0 aliphatic carbocycles. The average Bonchev–Trinajstić information content (AvgIpc) is 2.45. The summed E-state index contributed by atoms with van der Waals surface area (Å²) in [7, 11) is 1.54. The maximum absolute atomic E-state index is 11.6. The lowest BCUT2D eigenvalue weighted by Gasteiger charge is -2.12. The summed E-state index contributed by atoms with van der Waals surface area (Å²) in [6, 6.07) is 5.27. The molecule has 0 bridgehead atoms. The van der Waals surface area contributed by atoms with Crippen LogP contribution in [0.25, 0.3) is 6.08 Å². The normalized spacial score (nSPS) is 10.7. The molecule has 0 atom stereocenters. The number of hydrogen-bond donors (Lipinski definition) is 0. The molecule has 0 spiro atoms. The third-order valence-electron chi connectivity index (χ3n) is 2.46. The lowest BCUT2D eigenvalue weighted by Crippen LogP contribution is -2.06. The van der Waals surface area contributed by atoms with Crippen molar-refractivity contribution in [3.8, 4) is 17.6 Å². The van der Waals surface area contributed by atoms with Gasteiger partial charge in [0.15, 0.2) is 11.5 Å².